The van der Waals surface area contributed by atoms with E-state index in [1.165, 1.54) is 0 Å². The zero-order chi connectivity index (χ0) is 17.2. The minimum absolute atomic E-state index is 0.130. The van der Waals surface area contributed by atoms with Crippen LogP contribution in [-0.4, -0.2) is 21.5 Å². The summed E-state index contributed by atoms with van der Waals surface area (Å²) in [5.41, 5.74) is 0.0771. The van der Waals surface area contributed by atoms with Gasteiger partial charge in [-0.2, -0.15) is 26.3 Å². The molecule has 0 atom stereocenters. The summed E-state index contributed by atoms with van der Waals surface area (Å²) in [5.74, 6) is 0. The van der Waals surface area contributed by atoms with Crippen molar-refractivity contribution < 1.29 is 40.5 Å². The van der Waals surface area contributed by atoms with Gasteiger partial charge < -0.3 is 5.73 Å². The van der Waals surface area contributed by atoms with Crippen LogP contribution in [0.2, 0.25) is 0 Å². The smallest absolute Gasteiger partial charge is 0.358 e. The molecule has 0 saturated carbocycles. The quantitative estimate of drug-likeness (QED) is 0.625. The van der Waals surface area contributed by atoms with Crippen LogP contribution in [0.25, 0.3) is 0 Å². The molecule has 1 aromatic rings. The first-order valence-electron chi connectivity index (χ1n) is 5.96. The van der Waals surface area contributed by atoms with E-state index in [1.54, 1.807) is 0 Å². The summed E-state index contributed by atoms with van der Waals surface area (Å²) < 4.78 is 101. The van der Waals surface area contributed by atoms with Crippen LogP contribution in [0, 0.1) is 0 Å². The molecular formula is C11H13F6N2O2S+. The average Bonchev–Trinajstić information content (AvgIpc) is 2.36. The summed E-state index contributed by atoms with van der Waals surface area (Å²) in [4.78, 5) is -1.08. The molecule has 0 spiro atoms. The van der Waals surface area contributed by atoms with Crippen LogP contribution in [0.4, 0.5) is 26.3 Å². The molecule has 0 radical (unpaired) electrons. The van der Waals surface area contributed by atoms with Crippen LogP contribution in [0.15, 0.2) is 23.1 Å². The second-order valence-electron chi connectivity index (χ2n) is 4.35. The fraction of sp³-hybridized carbons (Fsp3) is 0.455. The molecule has 126 valence electrons. The Balaban J connectivity index is 3.35. The largest absolute Gasteiger partial charge is 0.416 e. The number of quaternary nitrogens is 1. The Morgan fingerprint density at radius 3 is 1.77 bits per heavy atom. The van der Waals surface area contributed by atoms with E-state index in [1.807, 2.05) is 4.72 Å². The van der Waals surface area contributed by atoms with E-state index >= 15 is 0 Å². The van der Waals surface area contributed by atoms with E-state index in [4.69, 9.17) is 0 Å². The highest BCUT2D eigenvalue weighted by molar-refractivity contribution is 7.89. The van der Waals surface area contributed by atoms with Crippen molar-refractivity contribution in [2.24, 2.45) is 0 Å². The van der Waals surface area contributed by atoms with Crippen LogP contribution >= 0.6 is 0 Å². The normalized spacial score (nSPS) is 13.4. The Morgan fingerprint density at radius 1 is 0.955 bits per heavy atom. The molecule has 22 heavy (non-hydrogen) atoms. The summed E-state index contributed by atoms with van der Waals surface area (Å²) in [6.07, 6.45) is -9.90. The Labute approximate surface area is 122 Å². The first-order valence-corrected chi connectivity index (χ1v) is 7.44. The standard InChI is InChI=1S/C11H12F6N2O2S/c12-10(13,14)7-4-8(11(15,16)17)6-9(5-7)22(20,21)19-3-1-2-18/h4-6,19H,1-3,18H2/p+1. The van der Waals surface area contributed by atoms with Gasteiger partial charge in [-0.25, -0.2) is 13.1 Å². The van der Waals surface area contributed by atoms with Crippen molar-refractivity contribution in [3.05, 3.63) is 29.3 Å². The van der Waals surface area contributed by atoms with Crippen molar-refractivity contribution in [2.75, 3.05) is 13.1 Å². The number of nitrogens with one attached hydrogen (secondary N) is 1. The van der Waals surface area contributed by atoms with Gasteiger partial charge in [0.25, 0.3) is 0 Å². The highest BCUT2D eigenvalue weighted by Gasteiger charge is 2.38. The lowest BCUT2D eigenvalue weighted by Crippen LogP contribution is -2.51. The molecule has 4 nitrogen and oxygen atoms in total. The van der Waals surface area contributed by atoms with Crippen molar-refractivity contribution in [3.8, 4) is 0 Å². The molecule has 1 rings (SSSR count). The van der Waals surface area contributed by atoms with E-state index in [0.29, 0.717) is 13.0 Å². The van der Waals surface area contributed by atoms with Gasteiger partial charge in [-0.1, -0.05) is 0 Å². The van der Waals surface area contributed by atoms with Gasteiger partial charge in [-0.05, 0) is 18.2 Å². The zero-order valence-corrected chi connectivity index (χ0v) is 11.9. The molecule has 4 N–H and O–H groups in total. The number of hydrogen-bond donors (Lipinski definition) is 2. The first-order chi connectivity index (χ1) is 9.88. The van der Waals surface area contributed by atoms with Crippen LogP contribution in [0.5, 0.6) is 0 Å². The SMILES string of the molecule is [NH3+]CCCNS(=O)(=O)c1cc(C(F)(F)F)cc(C(F)(F)F)c1. The summed E-state index contributed by atoms with van der Waals surface area (Å²) in [6.45, 7) is 0.225. The van der Waals surface area contributed by atoms with E-state index in [0.717, 1.165) is 0 Å². The minimum Gasteiger partial charge on any atom is -0.358 e. The summed E-state index contributed by atoms with van der Waals surface area (Å²) >= 11 is 0. The molecule has 0 aliphatic carbocycles. The molecule has 0 aliphatic heterocycles. The maximum absolute atomic E-state index is 12.6. The highest BCUT2D eigenvalue weighted by Crippen LogP contribution is 2.37. The van der Waals surface area contributed by atoms with Crippen LogP contribution in [-0.2, 0) is 22.4 Å². The number of halogens is 6. The predicted octanol–water partition coefficient (Wildman–Crippen LogP) is 1.63. The lowest BCUT2D eigenvalue weighted by molar-refractivity contribution is -0.367. The molecule has 0 saturated heterocycles. The molecule has 0 amide bonds. The van der Waals surface area contributed by atoms with Gasteiger partial charge in [0, 0.05) is 13.0 Å². The van der Waals surface area contributed by atoms with Gasteiger partial charge in [0.05, 0.1) is 22.6 Å². The second kappa shape index (κ2) is 6.42. The topological polar surface area (TPSA) is 73.8 Å². The summed E-state index contributed by atoms with van der Waals surface area (Å²) in [6, 6.07) is 0.207. The summed E-state index contributed by atoms with van der Waals surface area (Å²) in [5, 5.41) is 0. The van der Waals surface area contributed by atoms with Crippen molar-refractivity contribution in [3.63, 3.8) is 0 Å². The lowest BCUT2D eigenvalue weighted by atomic mass is 10.1. The highest BCUT2D eigenvalue weighted by atomic mass is 32.2. The molecular weight excluding hydrogens is 338 g/mol. The number of rotatable bonds is 5. The summed E-state index contributed by atoms with van der Waals surface area (Å²) in [7, 11) is -4.48. The van der Waals surface area contributed by atoms with Crippen LogP contribution in [0.1, 0.15) is 17.5 Å². The van der Waals surface area contributed by atoms with Gasteiger partial charge in [-0.3, -0.25) is 0 Å². The van der Waals surface area contributed by atoms with Crippen molar-refractivity contribution in [2.45, 2.75) is 23.7 Å². The van der Waals surface area contributed by atoms with Gasteiger partial charge in [-0.15, -0.1) is 0 Å². The Bertz CT molecular complexity index is 592. The number of benzene rings is 1. The van der Waals surface area contributed by atoms with Gasteiger partial charge in [0.2, 0.25) is 10.0 Å². The first kappa shape index (κ1) is 18.7. The number of sulfonamides is 1. The second-order valence-corrected chi connectivity index (χ2v) is 6.11. The monoisotopic (exact) mass is 351 g/mol. The van der Waals surface area contributed by atoms with Crippen molar-refractivity contribution in [1.82, 2.24) is 4.72 Å². The molecule has 0 aromatic heterocycles. The van der Waals surface area contributed by atoms with Crippen molar-refractivity contribution >= 4 is 10.0 Å². The van der Waals surface area contributed by atoms with E-state index in [9.17, 15) is 34.8 Å². The third-order valence-electron chi connectivity index (χ3n) is 2.59. The van der Waals surface area contributed by atoms with E-state index < -0.39 is 38.4 Å². The third-order valence-corrected chi connectivity index (χ3v) is 4.03. The van der Waals surface area contributed by atoms with Gasteiger partial charge >= 0.3 is 12.4 Å². The lowest BCUT2D eigenvalue weighted by Gasteiger charge is -2.14. The Morgan fingerprint density at radius 2 is 1.41 bits per heavy atom. The zero-order valence-electron chi connectivity index (χ0n) is 11.1. The molecule has 0 bridgehead atoms. The fourth-order valence-corrected chi connectivity index (χ4v) is 2.64. The molecule has 1 aromatic carbocycles. The Kier molecular flexibility index (Phi) is 5.47. The Hall–Kier alpha value is -1.33. The maximum atomic E-state index is 12.6. The van der Waals surface area contributed by atoms with Crippen LogP contribution < -0.4 is 10.5 Å². The molecule has 0 fully saturated rings. The van der Waals surface area contributed by atoms with E-state index in [2.05, 4.69) is 5.73 Å². The molecule has 11 heteroatoms. The molecule has 0 heterocycles. The van der Waals surface area contributed by atoms with E-state index in [-0.39, 0.29) is 24.7 Å². The van der Waals surface area contributed by atoms with Gasteiger partial charge in [0.1, 0.15) is 0 Å². The molecule has 0 aliphatic rings. The number of hydrogen-bond acceptors (Lipinski definition) is 2. The van der Waals surface area contributed by atoms with Crippen LogP contribution in [0.3, 0.4) is 0 Å². The van der Waals surface area contributed by atoms with Crippen molar-refractivity contribution in [1.29, 1.82) is 0 Å². The fourth-order valence-electron chi connectivity index (χ4n) is 1.50. The number of alkyl halides is 6. The molecule has 0 unspecified atom stereocenters. The maximum Gasteiger partial charge on any atom is 0.416 e. The average molecular weight is 351 g/mol. The minimum atomic E-state index is -5.10. The van der Waals surface area contributed by atoms with Gasteiger partial charge in [0.15, 0.2) is 0 Å². The third kappa shape index (κ3) is 4.85. The predicted molar refractivity (Wildman–Crippen MR) is 64.0 cm³/mol.